The Labute approximate surface area is 108 Å². The molecule has 0 fully saturated rings. The molecule has 1 aromatic heterocycles. The van der Waals surface area contributed by atoms with E-state index in [4.69, 9.17) is 5.73 Å². The second-order valence-electron chi connectivity index (χ2n) is 4.61. The molecule has 2 aromatic rings. The van der Waals surface area contributed by atoms with E-state index in [2.05, 4.69) is 9.97 Å². The van der Waals surface area contributed by atoms with Gasteiger partial charge in [0.25, 0.3) is 0 Å². The lowest BCUT2D eigenvalue weighted by atomic mass is 10.1. The van der Waals surface area contributed by atoms with Crippen molar-refractivity contribution in [1.82, 2.24) is 9.97 Å². The highest BCUT2D eigenvalue weighted by Crippen LogP contribution is 2.34. The third kappa shape index (κ3) is 2.84. The first kappa shape index (κ1) is 13.7. The summed E-state index contributed by atoms with van der Waals surface area (Å²) in [7, 11) is 0. The third-order valence-electron chi connectivity index (χ3n) is 2.77. The fourth-order valence-electron chi connectivity index (χ4n) is 1.97. The van der Waals surface area contributed by atoms with E-state index in [1.807, 2.05) is 0 Å². The van der Waals surface area contributed by atoms with Crippen LogP contribution in [0.3, 0.4) is 0 Å². The number of hydrogen-bond donors (Lipinski definition) is 1. The number of benzene rings is 1. The summed E-state index contributed by atoms with van der Waals surface area (Å²) in [6.45, 7) is 3.44. The zero-order valence-electron chi connectivity index (χ0n) is 10.6. The van der Waals surface area contributed by atoms with Gasteiger partial charge in [0, 0.05) is 23.5 Å². The van der Waals surface area contributed by atoms with Gasteiger partial charge < -0.3 is 5.73 Å². The summed E-state index contributed by atoms with van der Waals surface area (Å²) in [4.78, 5) is 8.24. The van der Waals surface area contributed by atoms with Crippen molar-refractivity contribution in [3.05, 3.63) is 35.3 Å². The number of halogens is 3. The first-order valence-electron chi connectivity index (χ1n) is 5.88. The van der Waals surface area contributed by atoms with Crippen molar-refractivity contribution in [1.29, 1.82) is 0 Å². The van der Waals surface area contributed by atoms with Crippen molar-refractivity contribution >= 4 is 10.9 Å². The van der Waals surface area contributed by atoms with Crippen molar-refractivity contribution in [3.63, 3.8) is 0 Å². The number of nitrogens with zero attached hydrogens (tertiary/aromatic N) is 2. The van der Waals surface area contributed by atoms with Gasteiger partial charge in [-0.3, -0.25) is 0 Å². The maximum absolute atomic E-state index is 13.0. The molecule has 0 aliphatic carbocycles. The lowest BCUT2D eigenvalue weighted by molar-refractivity contribution is -0.136. The van der Waals surface area contributed by atoms with Crippen LogP contribution in [0, 0.1) is 6.92 Å². The summed E-state index contributed by atoms with van der Waals surface area (Å²) in [5, 5.41) is 0.420. The lowest BCUT2D eigenvalue weighted by Gasteiger charge is -2.12. The molecule has 1 unspecified atom stereocenters. The van der Waals surface area contributed by atoms with Crippen LogP contribution in [0.15, 0.2) is 18.2 Å². The Hall–Kier alpha value is -1.69. The Morgan fingerprint density at radius 2 is 1.95 bits per heavy atom. The van der Waals surface area contributed by atoms with Gasteiger partial charge >= 0.3 is 6.18 Å². The first-order valence-corrected chi connectivity index (χ1v) is 5.88. The minimum Gasteiger partial charge on any atom is -0.328 e. The Morgan fingerprint density at radius 1 is 1.26 bits per heavy atom. The molecule has 3 nitrogen and oxygen atoms in total. The van der Waals surface area contributed by atoms with Crippen LogP contribution in [0.1, 0.15) is 24.0 Å². The van der Waals surface area contributed by atoms with E-state index < -0.39 is 11.7 Å². The summed E-state index contributed by atoms with van der Waals surface area (Å²) in [6.07, 6.45) is -4.07. The Balaban J connectivity index is 2.69. The van der Waals surface area contributed by atoms with Crippen LogP contribution in [0.5, 0.6) is 0 Å². The minimum atomic E-state index is -4.42. The fourth-order valence-corrected chi connectivity index (χ4v) is 1.97. The highest BCUT2D eigenvalue weighted by molar-refractivity contribution is 5.84. The quantitative estimate of drug-likeness (QED) is 0.912. The molecule has 0 radical (unpaired) electrons. The van der Waals surface area contributed by atoms with E-state index in [0.29, 0.717) is 23.3 Å². The van der Waals surface area contributed by atoms with Gasteiger partial charge in [-0.1, -0.05) is 12.1 Å². The molecule has 0 aliphatic heterocycles. The Bertz CT molecular complexity index is 606. The van der Waals surface area contributed by atoms with Crippen LogP contribution in [0.2, 0.25) is 0 Å². The standard InChI is InChI=1S/C13H14F3N3/c1-7(17)6-11-18-8(2)9-4-3-5-10(12(9)19-11)13(14,15)16/h3-5,7H,6,17H2,1-2H3. The average Bonchev–Trinajstić information content (AvgIpc) is 2.26. The molecule has 0 saturated heterocycles. The van der Waals surface area contributed by atoms with Gasteiger partial charge in [0.2, 0.25) is 0 Å². The second-order valence-corrected chi connectivity index (χ2v) is 4.61. The molecule has 0 amide bonds. The van der Waals surface area contributed by atoms with Gasteiger partial charge in [0.15, 0.2) is 0 Å². The molecular formula is C13H14F3N3. The Kier molecular flexibility index (Phi) is 3.45. The first-order chi connectivity index (χ1) is 8.79. The van der Waals surface area contributed by atoms with Gasteiger partial charge in [-0.05, 0) is 19.9 Å². The summed E-state index contributed by atoms with van der Waals surface area (Å²) in [5.41, 5.74) is 5.38. The lowest BCUT2D eigenvalue weighted by Crippen LogP contribution is -2.20. The molecule has 1 aromatic carbocycles. The van der Waals surface area contributed by atoms with Crippen LogP contribution in [0.25, 0.3) is 10.9 Å². The SMILES string of the molecule is Cc1nc(CC(C)N)nc2c(C(F)(F)F)cccc12. The topological polar surface area (TPSA) is 51.8 Å². The summed E-state index contributed by atoms with van der Waals surface area (Å²) in [5.74, 6) is 0.344. The fraction of sp³-hybridized carbons (Fsp3) is 0.385. The van der Waals surface area contributed by atoms with Gasteiger partial charge in [0.05, 0.1) is 11.1 Å². The predicted molar refractivity (Wildman–Crippen MR) is 66.6 cm³/mol. The maximum Gasteiger partial charge on any atom is 0.418 e. The molecule has 0 saturated carbocycles. The summed E-state index contributed by atoms with van der Waals surface area (Å²) in [6, 6.07) is 3.79. The van der Waals surface area contributed by atoms with Gasteiger partial charge in [0.1, 0.15) is 5.82 Å². The monoisotopic (exact) mass is 269 g/mol. The molecular weight excluding hydrogens is 255 g/mol. The number of para-hydroxylation sites is 1. The molecule has 0 aliphatic rings. The van der Waals surface area contributed by atoms with Crippen LogP contribution >= 0.6 is 0 Å². The zero-order valence-corrected chi connectivity index (χ0v) is 10.6. The van der Waals surface area contributed by atoms with Gasteiger partial charge in [-0.15, -0.1) is 0 Å². The predicted octanol–water partition coefficient (Wildman–Crippen LogP) is 2.85. The maximum atomic E-state index is 13.0. The van der Waals surface area contributed by atoms with Crippen LogP contribution < -0.4 is 5.73 Å². The molecule has 0 spiro atoms. The molecule has 1 heterocycles. The average molecular weight is 269 g/mol. The number of aromatic nitrogens is 2. The largest absolute Gasteiger partial charge is 0.418 e. The number of fused-ring (bicyclic) bond motifs is 1. The van der Waals surface area contributed by atoms with Gasteiger partial charge in [-0.2, -0.15) is 13.2 Å². The Morgan fingerprint density at radius 3 is 2.53 bits per heavy atom. The van der Waals surface area contributed by atoms with E-state index in [0.717, 1.165) is 6.07 Å². The highest BCUT2D eigenvalue weighted by Gasteiger charge is 2.33. The highest BCUT2D eigenvalue weighted by atomic mass is 19.4. The summed E-state index contributed by atoms with van der Waals surface area (Å²) < 4.78 is 38.9. The van der Waals surface area contributed by atoms with E-state index in [1.54, 1.807) is 19.9 Å². The molecule has 1 atom stereocenters. The molecule has 2 N–H and O–H groups in total. The molecule has 2 rings (SSSR count). The van der Waals surface area contributed by atoms with E-state index in [-0.39, 0.29) is 11.6 Å². The van der Waals surface area contributed by atoms with Crippen LogP contribution in [-0.2, 0) is 12.6 Å². The second kappa shape index (κ2) is 4.77. The van der Waals surface area contributed by atoms with Crippen LogP contribution in [-0.4, -0.2) is 16.0 Å². The third-order valence-corrected chi connectivity index (χ3v) is 2.77. The molecule has 102 valence electrons. The van der Waals surface area contributed by atoms with Crippen molar-refractivity contribution in [3.8, 4) is 0 Å². The van der Waals surface area contributed by atoms with Crippen LogP contribution in [0.4, 0.5) is 13.2 Å². The van der Waals surface area contributed by atoms with Gasteiger partial charge in [-0.25, -0.2) is 9.97 Å². The molecule has 19 heavy (non-hydrogen) atoms. The van der Waals surface area contributed by atoms with E-state index in [9.17, 15) is 13.2 Å². The molecule has 0 bridgehead atoms. The smallest absolute Gasteiger partial charge is 0.328 e. The van der Waals surface area contributed by atoms with E-state index >= 15 is 0 Å². The van der Waals surface area contributed by atoms with Crippen molar-refractivity contribution in [2.24, 2.45) is 5.73 Å². The van der Waals surface area contributed by atoms with E-state index in [1.165, 1.54) is 6.07 Å². The van der Waals surface area contributed by atoms with Crippen molar-refractivity contribution in [2.45, 2.75) is 32.5 Å². The zero-order chi connectivity index (χ0) is 14.2. The normalized spacial score (nSPS) is 13.8. The molecule has 6 heteroatoms. The van der Waals surface area contributed by atoms with Crippen molar-refractivity contribution in [2.75, 3.05) is 0 Å². The minimum absolute atomic E-state index is 0.0573. The number of aryl methyl sites for hydroxylation is 1. The number of rotatable bonds is 2. The number of hydrogen-bond acceptors (Lipinski definition) is 3. The van der Waals surface area contributed by atoms with Crippen molar-refractivity contribution < 1.29 is 13.2 Å². The number of alkyl halides is 3. The number of nitrogens with two attached hydrogens (primary N) is 1. The summed E-state index contributed by atoms with van der Waals surface area (Å²) >= 11 is 0.